The SMILES string of the molecule is CC.CCN1C(=O)/C(=C\c2ccc(SC)cc2)N(c2ccccc2)C1=O. The van der Waals surface area contributed by atoms with Crippen LogP contribution in [0.4, 0.5) is 10.5 Å². The zero-order valence-corrected chi connectivity index (χ0v) is 16.4. The van der Waals surface area contributed by atoms with Gasteiger partial charge in [-0.2, -0.15) is 0 Å². The Labute approximate surface area is 159 Å². The molecule has 3 rings (SSSR count). The fourth-order valence-electron chi connectivity index (χ4n) is 2.63. The van der Waals surface area contributed by atoms with E-state index in [2.05, 4.69) is 0 Å². The number of hydrogen-bond acceptors (Lipinski definition) is 3. The molecular weight excluding hydrogens is 344 g/mol. The zero-order chi connectivity index (χ0) is 19.1. The first-order chi connectivity index (χ1) is 12.7. The molecule has 1 aliphatic heterocycles. The van der Waals surface area contributed by atoms with E-state index < -0.39 is 0 Å². The Bertz CT molecular complexity index is 785. The topological polar surface area (TPSA) is 40.6 Å². The van der Waals surface area contributed by atoms with Crippen LogP contribution in [0.2, 0.25) is 0 Å². The Morgan fingerprint density at radius 1 is 0.962 bits per heavy atom. The predicted octanol–water partition coefficient (Wildman–Crippen LogP) is 5.26. The smallest absolute Gasteiger partial charge is 0.267 e. The summed E-state index contributed by atoms with van der Waals surface area (Å²) in [5.74, 6) is -0.264. The lowest BCUT2D eigenvalue weighted by atomic mass is 10.1. The average molecular weight is 369 g/mol. The van der Waals surface area contributed by atoms with Crippen molar-refractivity contribution in [1.29, 1.82) is 0 Å². The van der Waals surface area contributed by atoms with Crippen LogP contribution < -0.4 is 4.90 Å². The summed E-state index contributed by atoms with van der Waals surface area (Å²) in [6, 6.07) is 16.9. The highest BCUT2D eigenvalue weighted by atomic mass is 32.2. The summed E-state index contributed by atoms with van der Waals surface area (Å²) in [6.45, 7) is 6.15. The molecule has 3 amide bonds. The predicted molar refractivity (Wildman–Crippen MR) is 109 cm³/mol. The number of nitrogens with zero attached hydrogens (tertiary/aromatic N) is 2. The lowest BCUT2D eigenvalue weighted by Gasteiger charge is -2.16. The molecule has 1 heterocycles. The molecule has 0 unspecified atom stereocenters. The van der Waals surface area contributed by atoms with Crippen molar-refractivity contribution in [2.45, 2.75) is 25.7 Å². The highest BCUT2D eigenvalue weighted by Gasteiger charge is 2.40. The van der Waals surface area contributed by atoms with Crippen LogP contribution in [-0.4, -0.2) is 29.6 Å². The van der Waals surface area contributed by atoms with Gasteiger partial charge in [0.25, 0.3) is 5.91 Å². The molecule has 0 aromatic heterocycles. The minimum Gasteiger partial charge on any atom is -0.267 e. The summed E-state index contributed by atoms with van der Waals surface area (Å²) in [7, 11) is 0. The quantitative estimate of drug-likeness (QED) is 0.420. The molecule has 1 aliphatic rings. The number of para-hydroxylation sites is 1. The molecule has 0 N–H and O–H groups in total. The Kier molecular flexibility index (Phi) is 7.04. The summed E-state index contributed by atoms with van der Waals surface area (Å²) in [6.07, 6.45) is 3.79. The second kappa shape index (κ2) is 9.25. The first-order valence-electron chi connectivity index (χ1n) is 8.72. The molecule has 26 heavy (non-hydrogen) atoms. The molecule has 2 aromatic carbocycles. The van der Waals surface area contributed by atoms with Crippen molar-refractivity contribution in [2.75, 3.05) is 17.7 Å². The van der Waals surface area contributed by atoms with E-state index in [0.717, 1.165) is 10.5 Å². The molecule has 0 spiro atoms. The summed E-state index contributed by atoms with van der Waals surface area (Å²) < 4.78 is 0. The fourth-order valence-corrected chi connectivity index (χ4v) is 3.04. The van der Waals surface area contributed by atoms with Crippen molar-refractivity contribution in [1.82, 2.24) is 4.90 Å². The number of anilines is 1. The van der Waals surface area contributed by atoms with Crippen molar-refractivity contribution >= 4 is 35.5 Å². The monoisotopic (exact) mass is 368 g/mol. The molecule has 1 fully saturated rings. The molecule has 0 radical (unpaired) electrons. The third-order valence-electron chi connectivity index (χ3n) is 3.88. The molecule has 5 heteroatoms. The van der Waals surface area contributed by atoms with E-state index in [-0.39, 0.29) is 11.9 Å². The zero-order valence-electron chi connectivity index (χ0n) is 15.6. The number of carbonyl (C=O) groups is 2. The first-order valence-corrected chi connectivity index (χ1v) is 9.95. The number of hydrogen-bond donors (Lipinski definition) is 0. The third-order valence-corrected chi connectivity index (χ3v) is 4.62. The molecule has 0 aliphatic carbocycles. The van der Waals surface area contributed by atoms with Crippen LogP contribution >= 0.6 is 11.8 Å². The maximum Gasteiger partial charge on any atom is 0.336 e. The maximum atomic E-state index is 12.6. The minimum absolute atomic E-state index is 0.264. The van der Waals surface area contributed by atoms with Gasteiger partial charge < -0.3 is 0 Å². The fraction of sp³-hybridized carbons (Fsp3) is 0.238. The van der Waals surface area contributed by atoms with Gasteiger partial charge in [0, 0.05) is 11.4 Å². The van der Waals surface area contributed by atoms with Crippen LogP contribution in [0.3, 0.4) is 0 Å². The molecular formula is C21H24N2O2S. The summed E-state index contributed by atoms with van der Waals surface area (Å²) >= 11 is 1.66. The van der Waals surface area contributed by atoms with Crippen molar-refractivity contribution < 1.29 is 9.59 Å². The Morgan fingerprint density at radius 3 is 2.12 bits per heavy atom. The van der Waals surface area contributed by atoms with Gasteiger partial charge in [-0.1, -0.05) is 44.2 Å². The molecule has 4 nitrogen and oxygen atoms in total. The Balaban J connectivity index is 0.00000117. The number of urea groups is 1. The van der Waals surface area contributed by atoms with Gasteiger partial charge in [0.2, 0.25) is 0 Å². The highest BCUT2D eigenvalue weighted by Crippen LogP contribution is 2.29. The van der Waals surface area contributed by atoms with Crippen LogP contribution in [-0.2, 0) is 4.79 Å². The van der Waals surface area contributed by atoms with E-state index >= 15 is 0 Å². The lowest BCUT2D eigenvalue weighted by Crippen LogP contribution is -2.32. The van der Waals surface area contributed by atoms with Crippen LogP contribution in [0.5, 0.6) is 0 Å². The van der Waals surface area contributed by atoms with Crippen molar-refractivity contribution in [3.8, 4) is 0 Å². The Morgan fingerprint density at radius 2 is 1.58 bits per heavy atom. The normalized spacial score (nSPS) is 15.3. The first kappa shape index (κ1) is 19.8. The standard InChI is InChI=1S/C19H18N2O2S.C2H6/c1-3-20-18(22)17(13-14-9-11-16(24-2)12-10-14)21(19(20)23)15-7-5-4-6-8-15;1-2/h4-13H,3H2,1-2H3;1-2H3/b17-13+;. The Hall–Kier alpha value is -2.53. The number of likely N-dealkylation sites (N-methyl/N-ethyl adjacent to an activating group) is 1. The molecule has 0 bridgehead atoms. The second-order valence-corrected chi connectivity index (χ2v) is 6.19. The van der Waals surface area contributed by atoms with E-state index in [1.165, 1.54) is 9.80 Å². The van der Waals surface area contributed by atoms with Gasteiger partial charge in [-0.25, -0.2) is 4.79 Å². The van der Waals surface area contributed by atoms with Gasteiger partial charge >= 0.3 is 6.03 Å². The summed E-state index contributed by atoms with van der Waals surface area (Å²) in [4.78, 5) is 29.2. The average Bonchev–Trinajstić information content (AvgIpc) is 2.94. The van der Waals surface area contributed by atoms with Gasteiger partial charge in [-0.05, 0) is 49.1 Å². The number of benzene rings is 2. The molecule has 136 valence electrons. The van der Waals surface area contributed by atoms with Crippen LogP contribution in [0, 0.1) is 0 Å². The van der Waals surface area contributed by atoms with E-state index in [1.54, 1.807) is 24.8 Å². The van der Waals surface area contributed by atoms with Gasteiger partial charge in [0.15, 0.2) is 0 Å². The maximum absolute atomic E-state index is 12.6. The molecule has 2 aromatic rings. The number of thioether (sulfide) groups is 1. The van der Waals surface area contributed by atoms with E-state index in [9.17, 15) is 9.59 Å². The number of imide groups is 1. The molecule has 0 atom stereocenters. The summed E-state index contributed by atoms with van der Waals surface area (Å²) in [5, 5.41) is 0. The minimum atomic E-state index is -0.305. The lowest BCUT2D eigenvalue weighted by molar-refractivity contribution is -0.122. The van der Waals surface area contributed by atoms with Gasteiger partial charge in [0.05, 0.1) is 5.69 Å². The molecule has 1 saturated heterocycles. The number of amides is 3. The van der Waals surface area contributed by atoms with Gasteiger partial charge in [-0.3, -0.25) is 14.6 Å². The largest absolute Gasteiger partial charge is 0.336 e. The van der Waals surface area contributed by atoms with Crippen molar-refractivity contribution in [3.63, 3.8) is 0 Å². The number of rotatable bonds is 4. The van der Waals surface area contributed by atoms with Crippen LogP contribution in [0.25, 0.3) is 6.08 Å². The van der Waals surface area contributed by atoms with E-state index in [1.807, 2.05) is 74.7 Å². The van der Waals surface area contributed by atoms with Crippen LogP contribution in [0.15, 0.2) is 65.2 Å². The second-order valence-electron chi connectivity index (χ2n) is 5.31. The van der Waals surface area contributed by atoms with Gasteiger partial charge in [-0.15, -0.1) is 11.8 Å². The highest BCUT2D eigenvalue weighted by molar-refractivity contribution is 7.98. The summed E-state index contributed by atoms with van der Waals surface area (Å²) in [5.41, 5.74) is 1.96. The van der Waals surface area contributed by atoms with E-state index in [4.69, 9.17) is 0 Å². The number of carbonyl (C=O) groups excluding carboxylic acids is 2. The van der Waals surface area contributed by atoms with Crippen molar-refractivity contribution in [2.24, 2.45) is 0 Å². The van der Waals surface area contributed by atoms with E-state index in [0.29, 0.717) is 17.9 Å². The van der Waals surface area contributed by atoms with Gasteiger partial charge in [0.1, 0.15) is 5.70 Å². The van der Waals surface area contributed by atoms with Crippen LogP contribution in [0.1, 0.15) is 26.3 Å². The van der Waals surface area contributed by atoms with Crippen molar-refractivity contribution in [3.05, 3.63) is 65.9 Å². The molecule has 0 saturated carbocycles. The third kappa shape index (κ3) is 3.99.